The molecule has 0 bridgehead atoms. The molecule has 0 amide bonds. The highest BCUT2D eigenvalue weighted by molar-refractivity contribution is 5.48. The van der Waals surface area contributed by atoms with Gasteiger partial charge in [0.2, 0.25) is 0 Å². The minimum Gasteiger partial charge on any atom is -0.377 e. The van der Waals surface area contributed by atoms with E-state index in [0.717, 1.165) is 19.4 Å². The number of unbranched alkanes of at least 4 members (excludes halogenated alkanes) is 1. The van der Waals surface area contributed by atoms with E-state index in [1.54, 1.807) is 0 Å². The van der Waals surface area contributed by atoms with Crippen molar-refractivity contribution in [1.29, 1.82) is 0 Å². The molecule has 0 saturated heterocycles. The van der Waals surface area contributed by atoms with E-state index in [2.05, 4.69) is 48.6 Å². The first kappa shape index (κ1) is 13.6. The molecule has 1 nitrogen and oxygen atoms in total. The molecule has 0 atom stereocenters. The molecule has 0 aromatic heterocycles. The maximum atomic E-state index is 5.64. The highest BCUT2D eigenvalue weighted by Gasteiger charge is 1.91. The second-order valence-electron chi connectivity index (χ2n) is 4.49. The Morgan fingerprint density at radius 1 is 0.842 bits per heavy atom. The Morgan fingerprint density at radius 3 is 2.26 bits per heavy atom. The molecule has 0 N–H and O–H groups in total. The van der Waals surface area contributed by atoms with Crippen molar-refractivity contribution in [2.24, 2.45) is 0 Å². The van der Waals surface area contributed by atoms with Crippen molar-refractivity contribution in [3.63, 3.8) is 0 Å². The van der Waals surface area contributed by atoms with Crippen molar-refractivity contribution in [2.75, 3.05) is 6.61 Å². The SMILES string of the molecule is C(=Cc1ccccc1)CCCOCc1ccccc1. The lowest BCUT2D eigenvalue weighted by Crippen LogP contribution is -1.94. The molecule has 0 radical (unpaired) electrons. The summed E-state index contributed by atoms with van der Waals surface area (Å²) in [4.78, 5) is 0. The van der Waals surface area contributed by atoms with Crippen molar-refractivity contribution in [1.82, 2.24) is 0 Å². The normalized spacial score (nSPS) is 10.9. The Kier molecular flexibility index (Phi) is 5.91. The smallest absolute Gasteiger partial charge is 0.0716 e. The highest BCUT2D eigenvalue weighted by atomic mass is 16.5. The Bertz CT molecular complexity index is 474. The zero-order chi connectivity index (χ0) is 13.2. The van der Waals surface area contributed by atoms with Crippen LogP contribution in [0.5, 0.6) is 0 Å². The van der Waals surface area contributed by atoms with E-state index in [-0.39, 0.29) is 0 Å². The van der Waals surface area contributed by atoms with Gasteiger partial charge < -0.3 is 4.74 Å². The van der Waals surface area contributed by atoms with E-state index in [4.69, 9.17) is 4.74 Å². The van der Waals surface area contributed by atoms with Crippen LogP contribution in [0.4, 0.5) is 0 Å². The molecule has 98 valence electrons. The molecule has 0 saturated carbocycles. The van der Waals surface area contributed by atoms with Crippen LogP contribution in [-0.2, 0) is 11.3 Å². The topological polar surface area (TPSA) is 9.23 Å². The summed E-state index contributed by atoms with van der Waals surface area (Å²) in [6.45, 7) is 1.53. The zero-order valence-electron chi connectivity index (χ0n) is 11.2. The van der Waals surface area contributed by atoms with Gasteiger partial charge >= 0.3 is 0 Å². The third-order valence-electron chi connectivity index (χ3n) is 2.88. The molecule has 0 spiro atoms. The van der Waals surface area contributed by atoms with Gasteiger partial charge in [-0.2, -0.15) is 0 Å². The summed E-state index contributed by atoms with van der Waals surface area (Å²) in [7, 11) is 0. The van der Waals surface area contributed by atoms with Gasteiger partial charge in [0.25, 0.3) is 0 Å². The summed E-state index contributed by atoms with van der Waals surface area (Å²) in [6.07, 6.45) is 6.50. The average Bonchev–Trinajstić information content (AvgIpc) is 2.48. The van der Waals surface area contributed by atoms with Gasteiger partial charge in [-0.1, -0.05) is 72.8 Å². The van der Waals surface area contributed by atoms with Gasteiger partial charge in [-0.05, 0) is 24.0 Å². The first-order chi connectivity index (χ1) is 9.45. The minimum atomic E-state index is 0.712. The Balaban J connectivity index is 1.56. The number of hydrogen-bond acceptors (Lipinski definition) is 1. The molecule has 19 heavy (non-hydrogen) atoms. The molecule has 0 aliphatic rings. The molecule has 2 aromatic carbocycles. The fourth-order valence-electron chi connectivity index (χ4n) is 1.85. The maximum Gasteiger partial charge on any atom is 0.0716 e. The van der Waals surface area contributed by atoms with Gasteiger partial charge in [0.05, 0.1) is 6.61 Å². The summed E-state index contributed by atoms with van der Waals surface area (Å²) in [5, 5.41) is 0. The van der Waals surface area contributed by atoms with Crippen molar-refractivity contribution in [3.05, 3.63) is 77.9 Å². The maximum absolute atomic E-state index is 5.64. The second-order valence-corrected chi connectivity index (χ2v) is 4.49. The quantitative estimate of drug-likeness (QED) is 0.649. The van der Waals surface area contributed by atoms with Crippen LogP contribution >= 0.6 is 0 Å². The lowest BCUT2D eigenvalue weighted by atomic mass is 10.2. The van der Waals surface area contributed by atoms with Crippen LogP contribution in [-0.4, -0.2) is 6.61 Å². The largest absolute Gasteiger partial charge is 0.377 e. The molecule has 0 fully saturated rings. The second kappa shape index (κ2) is 8.28. The first-order valence-electron chi connectivity index (χ1n) is 6.78. The van der Waals surface area contributed by atoms with Crippen molar-refractivity contribution in [2.45, 2.75) is 19.4 Å². The van der Waals surface area contributed by atoms with Crippen molar-refractivity contribution >= 4 is 6.08 Å². The van der Waals surface area contributed by atoms with Gasteiger partial charge in [0.15, 0.2) is 0 Å². The van der Waals surface area contributed by atoms with Crippen LogP contribution in [0.15, 0.2) is 66.7 Å². The van der Waals surface area contributed by atoms with Crippen molar-refractivity contribution in [3.8, 4) is 0 Å². The lowest BCUT2D eigenvalue weighted by Gasteiger charge is -2.02. The van der Waals surface area contributed by atoms with Gasteiger partial charge in [-0.3, -0.25) is 0 Å². The third-order valence-corrected chi connectivity index (χ3v) is 2.88. The molecule has 0 unspecified atom stereocenters. The number of benzene rings is 2. The predicted octanol–water partition coefficient (Wildman–Crippen LogP) is 4.70. The molecular formula is C18H20O. The Labute approximate surface area is 115 Å². The summed E-state index contributed by atoms with van der Waals surface area (Å²) in [6, 6.07) is 20.7. The Hall–Kier alpha value is -1.86. The molecule has 2 rings (SSSR count). The number of hydrogen-bond donors (Lipinski definition) is 0. The van der Waals surface area contributed by atoms with Gasteiger partial charge in [0, 0.05) is 6.61 Å². The summed E-state index contributed by atoms with van der Waals surface area (Å²) in [5.41, 5.74) is 2.50. The van der Waals surface area contributed by atoms with E-state index >= 15 is 0 Å². The minimum absolute atomic E-state index is 0.712. The fraction of sp³-hybridized carbons (Fsp3) is 0.222. The zero-order valence-corrected chi connectivity index (χ0v) is 11.2. The standard InChI is InChI=1S/C18H20O/c1-4-10-17(11-5-1)12-8-3-9-15-19-16-18-13-6-2-7-14-18/h1-2,4-8,10-14H,3,9,15-16H2. The lowest BCUT2D eigenvalue weighted by molar-refractivity contribution is 0.119. The summed E-state index contributed by atoms with van der Waals surface area (Å²) in [5.74, 6) is 0. The summed E-state index contributed by atoms with van der Waals surface area (Å²) >= 11 is 0. The van der Waals surface area contributed by atoms with Crippen LogP contribution in [0, 0.1) is 0 Å². The monoisotopic (exact) mass is 252 g/mol. The molecule has 0 aliphatic carbocycles. The van der Waals surface area contributed by atoms with Crippen molar-refractivity contribution < 1.29 is 4.74 Å². The molecular weight excluding hydrogens is 232 g/mol. The van der Waals surface area contributed by atoms with Gasteiger partial charge in [-0.15, -0.1) is 0 Å². The average molecular weight is 252 g/mol. The van der Waals surface area contributed by atoms with E-state index in [1.807, 2.05) is 24.3 Å². The highest BCUT2D eigenvalue weighted by Crippen LogP contribution is 2.04. The van der Waals surface area contributed by atoms with Crippen LogP contribution in [0.2, 0.25) is 0 Å². The fourth-order valence-corrected chi connectivity index (χ4v) is 1.85. The van der Waals surface area contributed by atoms with E-state index in [9.17, 15) is 0 Å². The number of allylic oxidation sites excluding steroid dienone is 1. The Morgan fingerprint density at radius 2 is 1.53 bits per heavy atom. The predicted molar refractivity (Wildman–Crippen MR) is 80.8 cm³/mol. The van der Waals surface area contributed by atoms with Crippen LogP contribution in [0.1, 0.15) is 24.0 Å². The number of rotatable bonds is 7. The van der Waals surface area contributed by atoms with Crippen LogP contribution in [0.3, 0.4) is 0 Å². The van der Waals surface area contributed by atoms with Crippen LogP contribution < -0.4 is 0 Å². The van der Waals surface area contributed by atoms with Crippen LogP contribution in [0.25, 0.3) is 6.08 Å². The van der Waals surface area contributed by atoms with E-state index < -0.39 is 0 Å². The molecule has 2 aromatic rings. The molecule has 0 aliphatic heterocycles. The first-order valence-corrected chi connectivity index (χ1v) is 6.78. The van der Waals surface area contributed by atoms with Gasteiger partial charge in [-0.25, -0.2) is 0 Å². The molecule has 1 heteroatoms. The van der Waals surface area contributed by atoms with E-state index in [0.29, 0.717) is 6.61 Å². The molecule has 0 heterocycles. The summed E-state index contributed by atoms with van der Waals surface area (Å²) < 4.78 is 5.64. The van der Waals surface area contributed by atoms with E-state index in [1.165, 1.54) is 11.1 Å². The number of ether oxygens (including phenoxy) is 1. The third kappa shape index (κ3) is 5.54. The van der Waals surface area contributed by atoms with Gasteiger partial charge in [0.1, 0.15) is 0 Å².